The summed E-state index contributed by atoms with van der Waals surface area (Å²) in [5.74, 6) is 0.340. The highest BCUT2D eigenvalue weighted by Gasteiger charge is 2.10. The zero-order valence-corrected chi connectivity index (χ0v) is 11.6. The van der Waals surface area contributed by atoms with Crippen molar-refractivity contribution >= 4 is 17.1 Å². The normalized spacial score (nSPS) is 11.9. The van der Waals surface area contributed by atoms with Gasteiger partial charge in [-0.25, -0.2) is 0 Å². The van der Waals surface area contributed by atoms with Crippen molar-refractivity contribution in [3.8, 4) is 0 Å². The smallest absolute Gasteiger partial charge is 0.273 e. The van der Waals surface area contributed by atoms with Crippen LogP contribution < -0.4 is 10.6 Å². The first-order chi connectivity index (χ1) is 9.06. The number of nitro benzene ring substituents is 1. The Morgan fingerprint density at radius 1 is 1.32 bits per heavy atom. The molecule has 0 aliphatic carbocycles. The van der Waals surface area contributed by atoms with E-state index in [1.54, 1.807) is 13.2 Å². The molecular weight excluding hydrogens is 246 g/mol. The van der Waals surface area contributed by atoms with Gasteiger partial charge in [-0.3, -0.25) is 10.1 Å². The van der Waals surface area contributed by atoms with E-state index in [0.717, 1.165) is 17.9 Å². The van der Waals surface area contributed by atoms with Crippen LogP contribution in [-0.4, -0.2) is 31.7 Å². The minimum Gasteiger partial charge on any atom is -0.385 e. The van der Waals surface area contributed by atoms with Crippen molar-refractivity contribution in [2.24, 2.45) is 5.92 Å². The summed E-state index contributed by atoms with van der Waals surface area (Å²) in [6.45, 7) is 6.09. The molecule has 0 bridgehead atoms. The van der Waals surface area contributed by atoms with E-state index in [4.69, 9.17) is 4.74 Å². The third kappa shape index (κ3) is 5.13. The Morgan fingerprint density at radius 3 is 2.47 bits per heavy atom. The fourth-order valence-electron chi connectivity index (χ4n) is 1.76. The number of anilines is 2. The third-order valence-electron chi connectivity index (χ3n) is 2.62. The van der Waals surface area contributed by atoms with Gasteiger partial charge < -0.3 is 15.4 Å². The van der Waals surface area contributed by atoms with Gasteiger partial charge in [0.25, 0.3) is 5.69 Å². The van der Waals surface area contributed by atoms with Gasteiger partial charge in [-0.05, 0) is 18.9 Å². The highest BCUT2D eigenvalue weighted by molar-refractivity contribution is 5.63. The van der Waals surface area contributed by atoms with Crippen LogP contribution in [0.25, 0.3) is 0 Å². The van der Waals surface area contributed by atoms with Crippen LogP contribution in [0.2, 0.25) is 0 Å². The average molecular weight is 267 g/mol. The summed E-state index contributed by atoms with van der Waals surface area (Å²) in [7, 11) is 1.66. The molecule has 6 nitrogen and oxygen atoms in total. The van der Waals surface area contributed by atoms with E-state index in [1.807, 2.05) is 13.0 Å². The van der Waals surface area contributed by atoms with Crippen molar-refractivity contribution in [1.29, 1.82) is 0 Å². The van der Waals surface area contributed by atoms with Gasteiger partial charge in [0.2, 0.25) is 0 Å². The lowest BCUT2D eigenvalue weighted by Gasteiger charge is -2.13. The molecule has 19 heavy (non-hydrogen) atoms. The summed E-state index contributed by atoms with van der Waals surface area (Å²) < 4.78 is 5.06. The van der Waals surface area contributed by atoms with Gasteiger partial charge in [-0.15, -0.1) is 0 Å². The van der Waals surface area contributed by atoms with Gasteiger partial charge in [0.1, 0.15) is 0 Å². The fourth-order valence-corrected chi connectivity index (χ4v) is 1.76. The number of benzene rings is 1. The van der Waals surface area contributed by atoms with Crippen molar-refractivity contribution in [3.63, 3.8) is 0 Å². The number of nitrogens with zero attached hydrogens (tertiary/aromatic N) is 1. The maximum atomic E-state index is 10.9. The van der Waals surface area contributed by atoms with E-state index in [-0.39, 0.29) is 10.6 Å². The molecule has 1 aromatic rings. The van der Waals surface area contributed by atoms with Crippen molar-refractivity contribution in [1.82, 2.24) is 0 Å². The topological polar surface area (TPSA) is 76.4 Å². The maximum absolute atomic E-state index is 10.9. The van der Waals surface area contributed by atoms with Gasteiger partial charge in [-0.2, -0.15) is 0 Å². The Kier molecular flexibility index (Phi) is 6.08. The standard InChI is InChI=1S/C13H21N3O3/c1-4-14-11-5-12(7-13(6-11)16(17)18)15-8-10(2)9-19-3/h5-7,10,14-15H,4,8-9H2,1-3H3. The van der Waals surface area contributed by atoms with E-state index < -0.39 is 0 Å². The molecule has 6 heteroatoms. The van der Waals surface area contributed by atoms with Crippen LogP contribution in [0.5, 0.6) is 0 Å². The van der Waals surface area contributed by atoms with E-state index >= 15 is 0 Å². The first-order valence-electron chi connectivity index (χ1n) is 6.33. The number of hydrogen-bond donors (Lipinski definition) is 2. The summed E-state index contributed by atoms with van der Waals surface area (Å²) in [6, 6.07) is 4.95. The SMILES string of the molecule is CCNc1cc(NCC(C)COC)cc([N+](=O)[O-])c1. The van der Waals surface area contributed by atoms with Gasteiger partial charge >= 0.3 is 0 Å². The van der Waals surface area contributed by atoms with Crippen LogP contribution in [0, 0.1) is 16.0 Å². The molecule has 0 radical (unpaired) electrons. The molecule has 0 aliphatic rings. The van der Waals surface area contributed by atoms with Gasteiger partial charge in [-0.1, -0.05) is 6.92 Å². The van der Waals surface area contributed by atoms with E-state index in [2.05, 4.69) is 17.6 Å². The predicted molar refractivity (Wildman–Crippen MR) is 76.8 cm³/mol. The maximum Gasteiger partial charge on any atom is 0.273 e. The molecule has 106 valence electrons. The third-order valence-corrected chi connectivity index (χ3v) is 2.62. The molecule has 0 heterocycles. The number of non-ortho nitro benzene ring substituents is 1. The number of nitrogens with one attached hydrogen (secondary N) is 2. The summed E-state index contributed by atoms with van der Waals surface area (Å²) in [5.41, 5.74) is 1.58. The summed E-state index contributed by atoms with van der Waals surface area (Å²) in [5, 5.41) is 17.2. The quantitative estimate of drug-likeness (QED) is 0.559. The van der Waals surface area contributed by atoms with Crippen LogP contribution in [0.15, 0.2) is 18.2 Å². The number of ether oxygens (including phenoxy) is 1. The molecule has 2 N–H and O–H groups in total. The first-order valence-corrected chi connectivity index (χ1v) is 6.33. The highest BCUT2D eigenvalue weighted by atomic mass is 16.6. The van der Waals surface area contributed by atoms with Crippen molar-refractivity contribution in [3.05, 3.63) is 28.3 Å². The number of rotatable bonds is 8. The molecule has 1 rings (SSSR count). The van der Waals surface area contributed by atoms with Gasteiger partial charge in [0.15, 0.2) is 0 Å². The number of methoxy groups -OCH3 is 1. The fraction of sp³-hybridized carbons (Fsp3) is 0.538. The molecule has 1 atom stereocenters. The van der Waals surface area contributed by atoms with Gasteiger partial charge in [0.05, 0.1) is 11.5 Å². The Labute approximate surface area is 113 Å². The van der Waals surface area contributed by atoms with Crippen LogP contribution in [0.1, 0.15) is 13.8 Å². The van der Waals surface area contributed by atoms with Crippen LogP contribution in [0.4, 0.5) is 17.1 Å². The molecule has 0 spiro atoms. The largest absolute Gasteiger partial charge is 0.385 e. The molecule has 0 saturated heterocycles. The zero-order chi connectivity index (χ0) is 14.3. The first kappa shape index (κ1) is 15.2. The van der Waals surface area contributed by atoms with E-state index in [0.29, 0.717) is 19.1 Å². The molecule has 0 aromatic heterocycles. The highest BCUT2D eigenvalue weighted by Crippen LogP contribution is 2.24. The van der Waals surface area contributed by atoms with Crippen LogP contribution in [0.3, 0.4) is 0 Å². The molecule has 0 amide bonds. The van der Waals surface area contributed by atoms with Crippen LogP contribution >= 0.6 is 0 Å². The Bertz CT molecular complexity index is 424. The lowest BCUT2D eigenvalue weighted by molar-refractivity contribution is -0.384. The lowest BCUT2D eigenvalue weighted by atomic mass is 10.2. The lowest BCUT2D eigenvalue weighted by Crippen LogP contribution is -2.16. The monoisotopic (exact) mass is 267 g/mol. The van der Waals surface area contributed by atoms with Crippen LogP contribution in [-0.2, 0) is 4.74 Å². The molecule has 1 aromatic carbocycles. The van der Waals surface area contributed by atoms with Crippen molar-refractivity contribution in [2.45, 2.75) is 13.8 Å². The second-order valence-corrected chi connectivity index (χ2v) is 4.50. The predicted octanol–water partition coefficient (Wildman–Crippen LogP) is 2.72. The summed E-state index contributed by atoms with van der Waals surface area (Å²) in [6.07, 6.45) is 0. The van der Waals surface area contributed by atoms with Gasteiger partial charge in [0, 0.05) is 43.7 Å². The molecular formula is C13H21N3O3. The number of nitro groups is 1. The zero-order valence-electron chi connectivity index (χ0n) is 11.6. The minimum atomic E-state index is -0.384. The molecule has 1 unspecified atom stereocenters. The van der Waals surface area contributed by atoms with Crippen molar-refractivity contribution in [2.75, 3.05) is 37.4 Å². The van der Waals surface area contributed by atoms with E-state index in [1.165, 1.54) is 6.07 Å². The second-order valence-electron chi connectivity index (χ2n) is 4.50. The molecule has 0 fully saturated rings. The number of hydrogen-bond acceptors (Lipinski definition) is 5. The van der Waals surface area contributed by atoms with E-state index in [9.17, 15) is 10.1 Å². The molecule has 0 aliphatic heterocycles. The minimum absolute atomic E-state index is 0.0837. The Morgan fingerprint density at radius 2 is 1.95 bits per heavy atom. The molecule has 0 saturated carbocycles. The summed E-state index contributed by atoms with van der Waals surface area (Å²) in [4.78, 5) is 10.5. The Hall–Kier alpha value is -1.82. The Balaban J connectivity index is 2.78. The average Bonchev–Trinajstić information content (AvgIpc) is 2.37. The second kappa shape index (κ2) is 7.58. The summed E-state index contributed by atoms with van der Waals surface area (Å²) >= 11 is 0. The van der Waals surface area contributed by atoms with Crippen molar-refractivity contribution < 1.29 is 9.66 Å².